The van der Waals surface area contributed by atoms with E-state index in [-0.39, 0.29) is 29.7 Å². The number of sulfone groups is 1. The zero-order valence-electron chi connectivity index (χ0n) is 13.8. The van der Waals surface area contributed by atoms with E-state index in [1.807, 2.05) is 6.92 Å². The van der Waals surface area contributed by atoms with E-state index in [9.17, 15) is 13.5 Å². The van der Waals surface area contributed by atoms with Gasteiger partial charge >= 0.3 is 0 Å². The molecule has 0 spiro atoms. The number of hydrogen-bond acceptors (Lipinski definition) is 4. The average Bonchev–Trinajstić information content (AvgIpc) is 3.00. The zero-order chi connectivity index (χ0) is 16.3. The number of nitrogens with zero attached hydrogens (tertiary/aromatic N) is 2. The number of guanidine groups is 1. The van der Waals surface area contributed by atoms with Gasteiger partial charge in [-0.25, -0.2) is 8.42 Å². The van der Waals surface area contributed by atoms with Crippen molar-refractivity contribution in [3.63, 3.8) is 0 Å². The average molecular weight is 331 g/mol. The first-order valence-electron chi connectivity index (χ1n) is 8.21. The van der Waals surface area contributed by atoms with E-state index in [0.717, 1.165) is 31.9 Å². The summed E-state index contributed by atoms with van der Waals surface area (Å²) >= 11 is 0. The van der Waals surface area contributed by atoms with E-state index in [0.29, 0.717) is 12.3 Å². The van der Waals surface area contributed by atoms with Gasteiger partial charge in [0.1, 0.15) is 0 Å². The fraction of sp³-hybridized carbons (Fsp3) is 0.933. The second-order valence-electron chi connectivity index (χ2n) is 6.97. The summed E-state index contributed by atoms with van der Waals surface area (Å²) in [6.07, 6.45) is 1.39. The number of aliphatic hydroxyl groups is 1. The maximum absolute atomic E-state index is 11.5. The monoisotopic (exact) mass is 331 g/mol. The third-order valence-electron chi connectivity index (χ3n) is 4.45. The highest BCUT2D eigenvalue weighted by Gasteiger charge is 2.30. The number of nitrogens with one attached hydrogen (secondary N) is 1. The predicted octanol–water partition coefficient (Wildman–Crippen LogP) is 0.478. The van der Waals surface area contributed by atoms with Crippen LogP contribution < -0.4 is 5.32 Å². The SMILES string of the molecule is CC(C)NC(=NCC1CCS(=O)(=O)C1)N1CCC(C(C)O)C1. The molecule has 0 amide bonds. The fourth-order valence-corrected chi connectivity index (χ4v) is 4.95. The number of hydrogen-bond donors (Lipinski definition) is 2. The van der Waals surface area contributed by atoms with Crippen LogP contribution in [0.3, 0.4) is 0 Å². The summed E-state index contributed by atoms with van der Waals surface area (Å²) in [5.74, 6) is 1.84. The molecule has 0 radical (unpaired) electrons. The summed E-state index contributed by atoms with van der Waals surface area (Å²) in [4.78, 5) is 6.85. The van der Waals surface area contributed by atoms with Gasteiger partial charge in [-0.3, -0.25) is 4.99 Å². The lowest BCUT2D eigenvalue weighted by Crippen LogP contribution is -2.44. The van der Waals surface area contributed by atoms with Crippen molar-refractivity contribution < 1.29 is 13.5 Å². The maximum Gasteiger partial charge on any atom is 0.194 e. The van der Waals surface area contributed by atoms with Gasteiger partial charge < -0.3 is 15.3 Å². The fourth-order valence-electron chi connectivity index (χ4n) is 3.10. The highest BCUT2D eigenvalue weighted by molar-refractivity contribution is 7.91. The van der Waals surface area contributed by atoms with E-state index in [2.05, 4.69) is 29.1 Å². The van der Waals surface area contributed by atoms with Crippen LogP contribution in [0.5, 0.6) is 0 Å². The Bertz CT molecular complexity index is 502. The highest BCUT2D eigenvalue weighted by Crippen LogP contribution is 2.21. The van der Waals surface area contributed by atoms with Crippen LogP contribution in [0.25, 0.3) is 0 Å². The molecule has 2 aliphatic heterocycles. The van der Waals surface area contributed by atoms with Crippen molar-refractivity contribution in [1.82, 2.24) is 10.2 Å². The van der Waals surface area contributed by atoms with Crippen molar-refractivity contribution in [2.75, 3.05) is 31.1 Å². The van der Waals surface area contributed by atoms with E-state index in [1.54, 1.807) is 0 Å². The first-order chi connectivity index (χ1) is 10.3. The number of rotatable bonds is 4. The van der Waals surface area contributed by atoms with Crippen molar-refractivity contribution >= 4 is 15.8 Å². The summed E-state index contributed by atoms with van der Waals surface area (Å²) in [6.45, 7) is 8.22. The van der Waals surface area contributed by atoms with Crippen molar-refractivity contribution in [3.8, 4) is 0 Å². The van der Waals surface area contributed by atoms with Crippen LogP contribution in [-0.4, -0.2) is 67.7 Å². The molecule has 0 aromatic heterocycles. The molecule has 0 aromatic rings. The molecule has 22 heavy (non-hydrogen) atoms. The maximum atomic E-state index is 11.5. The molecule has 2 heterocycles. The minimum atomic E-state index is -2.84. The van der Waals surface area contributed by atoms with Crippen molar-refractivity contribution in [1.29, 1.82) is 0 Å². The molecule has 3 atom stereocenters. The topological polar surface area (TPSA) is 82.0 Å². The predicted molar refractivity (Wildman–Crippen MR) is 88.7 cm³/mol. The van der Waals surface area contributed by atoms with Crippen molar-refractivity contribution in [3.05, 3.63) is 0 Å². The van der Waals surface area contributed by atoms with Crippen LogP contribution in [0.15, 0.2) is 4.99 Å². The molecule has 3 unspecified atom stereocenters. The van der Waals surface area contributed by atoms with Crippen LogP contribution in [-0.2, 0) is 9.84 Å². The summed E-state index contributed by atoms with van der Waals surface area (Å²) < 4.78 is 23.1. The molecule has 2 N–H and O–H groups in total. The Balaban J connectivity index is 1.98. The van der Waals surface area contributed by atoms with E-state index < -0.39 is 9.84 Å². The molecule has 2 aliphatic rings. The zero-order valence-corrected chi connectivity index (χ0v) is 14.6. The summed E-state index contributed by atoms with van der Waals surface area (Å²) in [6, 6.07) is 0.275. The molecule has 128 valence electrons. The molecule has 2 rings (SSSR count). The normalized spacial score (nSPS) is 30.0. The van der Waals surface area contributed by atoms with Gasteiger partial charge in [-0.05, 0) is 39.5 Å². The van der Waals surface area contributed by atoms with Gasteiger partial charge in [0.15, 0.2) is 15.8 Å². The Labute approximate surface area is 133 Å². The van der Waals surface area contributed by atoms with Gasteiger partial charge in [0.05, 0.1) is 17.6 Å². The van der Waals surface area contributed by atoms with Gasteiger partial charge in [-0.2, -0.15) is 0 Å². The van der Waals surface area contributed by atoms with Crippen molar-refractivity contribution in [2.45, 2.75) is 45.8 Å². The molecule has 7 heteroatoms. The van der Waals surface area contributed by atoms with E-state index in [1.165, 1.54) is 0 Å². The Kier molecular flexibility index (Phi) is 5.71. The second kappa shape index (κ2) is 7.17. The van der Waals surface area contributed by atoms with Gasteiger partial charge in [0.25, 0.3) is 0 Å². The van der Waals surface area contributed by atoms with Crippen LogP contribution in [0.2, 0.25) is 0 Å². The van der Waals surface area contributed by atoms with E-state index in [4.69, 9.17) is 0 Å². The molecule has 0 saturated carbocycles. The van der Waals surface area contributed by atoms with Crippen LogP contribution >= 0.6 is 0 Å². The molecule has 0 bridgehead atoms. The quantitative estimate of drug-likeness (QED) is 0.578. The van der Waals surface area contributed by atoms with Gasteiger partial charge in [0, 0.05) is 31.6 Å². The minimum absolute atomic E-state index is 0.143. The Morgan fingerprint density at radius 3 is 2.59 bits per heavy atom. The Morgan fingerprint density at radius 2 is 2.09 bits per heavy atom. The first-order valence-corrected chi connectivity index (χ1v) is 10.0. The molecule has 2 fully saturated rings. The Morgan fingerprint density at radius 1 is 1.36 bits per heavy atom. The molecule has 2 saturated heterocycles. The van der Waals surface area contributed by atoms with Gasteiger partial charge in [-0.15, -0.1) is 0 Å². The molecule has 0 aromatic carbocycles. The number of aliphatic hydroxyl groups excluding tert-OH is 1. The van der Waals surface area contributed by atoms with E-state index >= 15 is 0 Å². The lowest BCUT2D eigenvalue weighted by molar-refractivity contribution is 0.132. The van der Waals surface area contributed by atoms with Crippen LogP contribution in [0.4, 0.5) is 0 Å². The van der Waals surface area contributed by atoms with Crippen LogP contribution in [0, 0.1) is 11.8 Å². The molecular formula is C15H29N3O3S. The molecule has 6 nitrogen and oxygen atoms in total. The van der Waals surface area contributed by atoms with Crippen LogP contribution in [0.1, 0.15) is 33.6 Å². The molecule has 0 aliphatic carbocycles. The standard InChI is InChI=1S/C15H29N3O3S/c1-11(2)17-15(18-6-4-14(9-18)12(3)19)16-8-13-5-7-22(20,21)10-13/h11-14,19H,4-10H2,1-3H3,(H,16,17). The summed E-state index contributed by atoms with van der Waals surface area (Å²) in [7, 11) is -2.84. The largest absolute Gasteiger partial charge is 0.393 e. The summed E-state index contributed by atoms with van der Waals surface area (Å²) in [5.41, 5.74) is 0. The second-order valence-corrected chi connectivity index (χ2v) is 9.20. The third-order valence-corrected chi connectivity index (χ3v) is 6.29. The van der Waals surface area contributed by atoms with Gasteiger partial charge in [0.2, 0.25) is 0 Å². The lowest BCUT2D eigenvalue weighted by Gasteiger charge is -2.25. The third kappa shape index (κ3) is 4.84. The number of aliphatic imine (C=N–C) groups is 1. The summed E-state index contributed by atoms with van der Waals surface area (Å²) in [5, 5.41) is 13.1. The highest BCUT2D eigenvalue weighted by atomic mass is 32.2. The minimum Gasteiger partial charge on any atom is -0.393 e. The smallest absolute Gasteiger partial charge is 0.194 e. The molecular weight excluding hydrogens is 302 g/mol. The lowest BCUT2D eigenvalue weighted by atomic mass is 10.0. The van der Waals surface area contributed by atoms with Crippen molar-refractivity contribution in [2.24, 2.45) is 16.8 Å². The Hall–Kier alpha value is -0.820. The van der Waals surface area contributed by atoms with Gasteiger partial charge in [-0.1, -0.05) is 0 Å². The first kappa shape index (κ1) is 17.5. The number of likely N-dealkylation sites (tertiary alicyclic amines) is 1.